The normalized spacial score (nSPS) is 13.0. The van der Waals surface area contributed by atoms with E-state index in [2.05, 4.69) is 29.1 Å². The molecular weight excluding hydrogens is 302 g/mol. The molecule has 1 aromatic carbocycles. The Morgan fingerprint density at radius 2 is 1.88 bits per heavy atom. The van der Waals surface area contributed by atoms with E-state index in [0.29, 0.717) is 13.2 Å². The molecule has 0 radical (unpaired) electrons. The Bertz CT molecular complexity index is 638. The lowest BCUT2D eigenvalue weighted by atomic mass is 10.2. The number of benzene rings is 1. The van der Waals surface area contributed by atoms with Crippen molar-refractivity contribution in [2.75, 3.05) is 20.2 Å². The van der Waals surface area contributed by atoms with E-state index in [-0.39, 0.29) is 6.10 Å². The molecule has 5 heteroatoms. The molecular formula is C19H29N3O2. The summed E-state index contributed by atoms with van der Waals surface area (Å²) in [5.41, 5.74) is 4.44. The predicted molar refractivity (Wildman–Crippen MR) is 96.5 cm³/mol. The average Bonchev–Trinajstić information content (AvgIpc) is 2.82. The lowest BCUT2D eigenvalue weighted by molar-refractivity contribution is -0.00637. The number of para-hydroxylation sites is 1. The molecule has 1 aromatic heterocycles. The summed E-state index contributed by atoms with van der Waals surface area (Å²) >= 11 is 0. The summed E-state index contributed by atoms with van der Waals surface area (Å²) in [6.07, 6.45) is -0.347. The van der Waals surface area contributed by atoms with Crippen LogP contribution in [0.4, 0.5) is 0 Å². The zero-order valence-corrected chi connectivity index (χ0v) is 15.4. The number of aryl methyl sites for hydroxylation is 1. The molecule has 1 heterocycles. The summed E-state index contributed by atoms with van der Waals surface area (Å²) in [6.45, 7) is 9.76. The van der Waals surface area contributed by atoms with Gasteiger partial charge >= 0.3 is 0 Å². The van der Waals surface area contributed by atoms with Crippen LogP contribution in [-0.4, -0.2) is 52.2 Å². The Morgan fingerprint density at radius 3 is 2.50 bits per heavy atom. The third kappa shape index (κ3) is 4.90. The maximum Gasteiger partial charge on any atom is 0.0900 e. The van der Waals surface area contributed by atoms with Crippen LogP contribution >= 0.6 is 0 Å². The summed E-state index contributed by atoms with van der Waals surface area (Å²) < 4.78 is 7.45. The van der Waals surface area contributed by atoms with Crippen LogP contribution < -0.4 is 0 Å². The van der Waals surface area contributed by atoms with Gasteiger partial charge in [-0.1, -0.05) is 18.2 Å². The predicted octanol–water partition coefficient (Wildman–Crippen LogP) is 2.71. The molecule has 1 atom stereocenters. The number of aromatic nitrogens is 2. The quantitative estimate of drug-likeness (QED) is 0.808. The second-order valence-electron chi connectivity index (χ2n) is 6.63. The maximum atomic E-state index is 10.1. The van der Waals surface area contributed by atoms with Crippen LogP contribution in [-0.2, 0) is 11.3 Å². The molecule has 2 rings (SSSR count). The highest BCUT2D eigenvalue weighted by atomic mass is 16.5. The van der Waals surface area contributed by atoms with Crippen LogP contribution in [0.5, 0.6) is 0 Å². The van der Waals surface area contributed by atoms with Gasteiger partial charge in [-0.25, -0.2) is 4.68 Å². The first-order valence-electron chi connectivity index (χ1n) is 8.47. The Morgan fingerprint density at radius 1 is 1.21 bits per heavy atom. The highest BCUT2D eigenvalue weighted by Crippen LogP contribution is 2.19. The number of rotatable bonds is 8. The van der Waals surface area contributed by atoms with Gasteiger partial charge in [0.2, 0.25) is 0 Å². The summed E-state index contributed by atoms with van der Waals surface area (Å²) in [6, 6.07) is 10.1. The van der Waals surface area contributed by atoms with Crippen molar-refractivity contribution < 1.29 is 9.84 Å². The summed E-state index contributed by atoms with van der Waals surface area (Å²) in [5.74, 6) is 0. The number of likely N-dealkylation sites (N-methyl/N-ethyl adjacent to an activating group) is 1. The fourth-order valence-electron chi connectivity index (χ4n) is 2.77. The molecule has 0 amide bonds. The molecule has 1 unspecified atom stereocenters. The summed E-state index contributed by atoms with van der Waals surface area (Å²) in [7, 11) is 2.01. The number of aliphatic hydroxyl groups excluding tert-OH is 1. The number of nitrogens with zero attached hydrogens (tertiary/aromatic N) is 3. The van der Waals surface area contributed by atoms with Crippen molar-refractivity contribution in [3.05, 3.63) is 47.3 Å². The Balaban J connectivity index is 2.03. The number of hydrogen-bond acceptors (Lipinski definition) is 4. The van der Waals surface area contributed by atoms with Gasteiger partial charge in [-0.2, -0.15) is 5.10 Å². The Hall–Kier alpha value is -1.69. The molecule has 0 bridgehead atoms. The molecule has 2 aromatic rings. The number of hydrogen-bond donors (Lipinski definition) is 1. The highest BCUT2D eigenvalue weighted by Gasteiger charge is 2.16. The minimum Gasteiger partial charge on any atom is -0.389 e. The molecule has 0 aliphatic carbocycles. The Labute approximate surface area is 144 Å². The minimum absolute atomic E-state index is 0.138. The fraction of sp³-hybridized carbons (Fsp3) is 0.526. The fourth-order valence-corrected chi connectivity index (χ4v) is 2.77. The number of aliphatic hydroxyl groups is 1. The smallest absolute Gasteiger partial charge is 0.0900 e. The molecule has 0 fully saturated rings. The van der Waals surface area contributed by atoms with E-state index < -0.39 is 6.10 Å². The van der Waals surface area contributed by atoms with Gasteiger partial charge in [0.25, 0.3) is 0 Å². The van der Waals surface area contributed by atoms with Crippen molar-refractivity contribution in [2.45, 2.75) is 46.4 Å². The molecule has 5 nitrogen and oxygen atoms in total. The molecule has 0 spiro atoms. The topological polar surface area (TPSA) is 50.5 Å². The summed E-state index contributed by atoms with van der Waals surface area (Å²) in [4.78, 5) is 2.11. The molecule has 0 saturated heterocycles. The lowest BCUT2D eigenvalue weighted by Gasteiger charge is -2.21. The van der Waals surface area contributed by atoms with Crippen LogP contribution in [0.2, 0.25) is 0 Å². The SMILES string of the molecule is Cc1nn(-c2ccccc2)c(C)c1CN(C)CC(O)COC(C)C. The van der Waals surface area contributed by atoms with Crippen LogP contribution in [0.15, 0.2) is 30.3 Å². The molecule has 1 N–H and O–H groups in total. The van der Waals surface area contributed by atoms with Crippen LogP contribution in [0.25, 0.3) is 5.69 Å². The van der Waals surface area contributed by atoms with Gasteiger partial charge in [0.1, 0.15) is 0 Å². The standard InChI is InChI=1S/C19H29N3O2/c1-14(2)24-13-18(23)11-21(5)12-19-15(3)20-22(16(19)4)17-9-7-6-8-10-17/h6-10,14,18,23H,11-13H2,1-5H3. The van der Waals surface area contributed by atoms with E-state index in [0.717, 1.165) is 23.6 Å². The van der Waals surface area contributed by atoms with Crippen LogP contribution in [0.3, 0.4) is 0 Å². The van der Waals surface area contributed by atoms with E-state index in [9.17, 15) is 5.11 Å². The van der Waals surface area contributed by atoms with E-state index in [1.807, 2.05) is 50.7 Å². The first kappa shape index (κ1) is 18.6. The second kappa shape index (κ2) is 8.42. The average molecular weight is 331 g/mol. The van der Waals surface area contributed by atoms with Crippen molar-refractivity contribution in [1.82, 2.24) is 14.7 Å². The van der Waals surface area contributed by atoms with Crippen LogP contribution in [0, 0.1) is 13.8 Å². The van der Waals surface area contributed by atoms with Gasteiger partial charge in [-0.3, -0.25) is 4.90 Å². The van der Waals surface area contributed by atoms with Gasteiger partial charge in [-0.05, 0) is 46.9 Å². The van der Waals surface area contributed by atoms with Crippen molar-refractivity contribution >= 4 is 0 Å². The Kier molecular flexibility index (Phi) is 6.54. The molecule has 0 saturated carbocycles. The first-order valence-corrected chi connectivity index (χ1v) is 8.47. The largest absolute Gasteiger partial charge is 0.389 e. The van der Waals surface area contributed by atoms with Gasteiger partial charge in [-0.15, -0.1) is 0 Å². The molecule has 132 valence electrons. The number of ether oxygens (including phenoxy) is 1. The first-order chi connectivity index (χ1) is 11.4. The van der Waals surface area contributed by atoms with Crippen molar-refractivity contribution in [2.24, 2.45) is 0 Å². The highest BCUT2D eigenvalue weighted by molar-refractivity contribution is 5.36. The van der Waals surface area contributed by atoms with Crippen molar-refractivity contribution in [3.63, 3.8) is 0 Å². The summed E-state index contributed by atoms with van der Waals surface area (Å²) in [5, 5.41) is 14.8. The van der Waals surface area contributed by atoms with Gasteiger partial charge < -0.3 is 9.84 Å². The van der Waals surface area contributed by atoms with Crippen LogP contribution in [0.1, 0.15) is 30.8 Å². The zero-order chi connectivity index (χ0) is 17.7. The van der Waals surface area contributed by atoms with E-state index in [4.69, 9.17) is 4.74 Å². The zero-order valence-electron chi connectivity index (χ0n) is 15.4. The molecule has 0 aliphatic rings. The van der Waals surface area contributed by atoms with Gasteiger partial charge in [0.15, 0.2) is 0 Å². The molecule has 0 aliphatic heterocycles. The second-order valence-corrected chi connectivity index (χ2v) is 6.63. The van der Waals surface area contributed by atoms with E-state index in [1.54, 1.807) is 0 Å². The molecule has 24 heavy (non-hydrogen) atoms. The monoisotopic (exact) mass is 331 g/mol. The maximum absolute atomic E-state index is 10.1. The van der Waals surface area contributed by atoms with E-state index in [1.165, 1.54) is 5.56 Å². The van der Waals surface area contributed by atoms with E-state index >= 15 is 0 Å². The minimum atomic E-state index is -0.484. The van der Waals surface area contributed by atoms with Gasteiger partial charge in [0.05, 0.1) is 30.2 Å². The van der Waals surface area contributed by atoms with Crippen molar-refractivity contribution in [1.29, 1.82) is 0 Å². The van der Waals surface area contributed by atoms with Gasteiger partial charge in [0, 0.05) is 24.3 Å². The third-order valence-electron chi connectivity index (χ3n) is 4.01. The third-order valence-corrected chi connectivity index (χ3v) is 4.01. The van der Waals surface area contributed by atoms with Crippen molar-refractivity contribution in [3.8, 4) is 5.69 Å². The lowest BCUT2D eigenvalue weighted by Crippen LogP contribution is -2.32.